The Morgan fingerprint density at radius 1 is 1.14 bits per heavy atom. The predicted octanol–water partition coefficient (Wildman–Crippen LogP) is 2.27. The number of rotatable bonds is 5. The number of nitrogens with one attached hydrogen (secondary N) is 1. The van der Waals surface area contributed by atoms with Crippen LogP contribution < -0.4 is 5.32 Å². The van der Waals surface area contributed by atoms with Crippen LogP contribution in [0.1, 0.15) is 30.6 Å². The fourth-order valence-corrected chi connectivity index (χ4v) is 2.01. The third-order valence-corrected chi connectivity index (χ3v) is 3.27. The number of amides is 2. The van der Waals surface area contributed by atoms with Crippen LogP contribution in [0.3, 0.4) is 0 Å². The minimum atomic E-state index is -0.859. The van der Waals surface area contributed by atoms with Gasteiger partial charge < -0.3 is 0 Å². The number of imide groups is 1. The monoisotopic (exact) mass is 283 g/mol. The molecule has 5 heteroatoms. The topological polar surface area (TPSA) is 93.8 Å². The summed E-state index contributed by atoms with van der Waals surface area (Å²) in [6.45, 7) is 3.69. The van der Waals surface area contributed by atoms with Gasteiger partial charge in [0.05, 0.1) is 12.1 Å². The van der Waals surface area contributed by atoms with E-state index >= 15 is 0 Å². The summed E-state index contributed by atoms with van der Waals surface area (Å²) in [5.74, 6) is -2.22. The highest BCUT2D eigenvalue weighted by Crippen LogP contribution is 2.23. The zero-order valence-electron chi connectivity index (χ0n) is 12.0. The normalized spacial score (nSPS) is 11.5. The number of nitriles is 2. The third-order valence-electron chi connectivity index (χ3n) is 3.27. The van der Waals surface area contributed by atoms with E-state index in [1.807, 2.05) is 26.0 Å². The number of carbonyl (C=O) groups excluding carboxylic acids is 2. The van der Waals surface area contributed by atoms with E-state index in [4.69, 9.17) is 10.5 Å². The minimum absolute atomic E-state index is 0.00752. The number of hydrogen-bond donors (Lipinski definition) is 1. The minimum Gasteiger partial charge on any atom is -0.292 e. The van der Waals surface area contributed by atoms with Crippen molar-refractivity contribution in [1.29, 1.82) is 10.5 Å². The Balaban J connectivity index is 2.70. The van der Waals surface area contributed by atoms with Crippen molar-refractivity contribution in [1.82, 2.24) is 5.32 Å². The highest BCUT2D eigenvalue weighted by molar-refractivity contribution is 6.04. The fourth-order valence-electron chi connectivity index (χ4n) is 2.01. The van der Waals surface area contributed by atoms with Gasteiger partial charge in [-0.15, -0.1) is 0 Å². The van der Waals surface area contributed by atoms with E-state index in [9.17, 15) is 9.59 Å². The van der Waals surface area contributed by atoms with Gasteiger partial charge >= 0.3 is 0 Å². The van der Waals surface area contributed by atoms with Crippen molar-refractivity contribution in [3.05, 3.63) is 35.9 Å². The van der Waals surface area contributed by atoms with Gasteiger partial charge in [-0.2, -0.15) is 10.5 Å². The summed E-state index contributed by atoms with van der Waals surface area (Å²) in [7, 11) is 0. The highest BCUT2D eigenvalue weighted by atomic mass is 16.2. The van der Waals surface area contributed by atoms with E-state index in [-0.39, 0.29) is 12.3 Å². The molecule has 0 aliphatic rings. The standard InChI is InChI=1S/C16H17N3O2/c1-11(2)14(13(9-17)10-18)8-15(20)19-16(21)12-6-4-3-5-7-12/h3-7,11,13-14H,8H2,1-2H3,(H,19,20,21)/t14-/m0/s1. The SMILES string of the molecule is CC(C)[C@H](CC(=O)NC(=O)c1ccccc1)C(C#N)C#N. The summed E-state index contributed by atoms with van der Waals surface area (Å²) >= 11 is 0. The number of hydrogen-bond acceptors (Lipinski definition) is 4. The van der Waals surface area contributed by atoms with E-state index < -0.39 is 23.7 Å². The lowest BCUT2D eigenvalue weighted by Gasteiger charge is -2.20. The first-order valence-corrected chi connectivity index (χ1v) is 6.68. The molecule has 0 heterocycles. The van der Waals surface area contributed by atoms with Crippen LogP contribution in [0.4, 0.5) is 0 Å². The Morgan fingerprint density at radius 3 is 2.19 bits per heavy atom. The molecule has 1 rings (SSSR count). The van der Waals surface area contributed by atoms with Gasteiger partial charge in [0.2, 0.25) is 5.91 Å². The van der Waals surface area contributed by atoms with Crippen molar-refractivity contribution in [3.8, 4) is 12.1 Å². The first kappa shape index (κ1) is 16.4. The van der Waals surface area contributed by atoms with Gasteiger partial charge in [-0.25, -0.2) is 0 Å². The maximum Gasteiger partial charge on any atom is 0.257 e. The van der Waals surface area contributed by atoms with Crippen molar-refractivity contribution in [3.63, 3.8) is 0 Å². The molecule has 1 aromatic rings. The number of carbonyl (C=O) groups is 2. The summed E-state index contributed by atoms with van der Waals surface area (Å²) in [4.78, 5) is 23.8. The average Bonchev–Trinajstić information content (AvgIpc) is 2.48. The molecule has 108 valence electrons. The van der Waals surface area contributed by atoms with Gasteiger partial charge in [0.25, 0.3) is 5.91 Å². The molecule has 0 aliphatic carbocycles. The first-order valence-electron chi connectivity index (χ1n) is 6.68. The molecule has 21 heavy (non-hydrogen) atoms. The lowest BCUT2D eigenvalue weighted by Crippen LogP contribution is -2.34. The van der Waals surface area contributed by atoms with Crippen LogP contribution in [-0.4, -0.2) is 11.8 Å². The Labute approximate surface area is 124 Å². The van der Waals surface area contributed by atoms with Gasteiger partial charge in [0.1, 0.15) is 5.92 Å². The molecular formula is C16H17N3O2. The molecule has 0 radical (unpaired) electrons. The molecule has 0 unspecified atom stereocenters. The molecule has 0 bridgehead atoms. The Morgan fingerprint density at radius 2 is 1.71 bits per heavy atom. The summed E-state index contributed by atoms with van der Waals surface area (Å²) in [5, 5.41) is 20.2. The molecule has 5 nitrogen and oxygen atoms in total. The van der Waals surface area contributed by atoms with Crippen molar-refractivity contribution in [2.24, 2.45) is 17.8 Å². The predicted molar refractivity (Wildman–Crippen MR) is 76.6 cm³/mol. The molecular weight excluding hydrogens is 266 g/mol. The molecule has 0 saturated carbocycles. The summed E-state index contributed by atoms with van der Waals surface area (Å²) in [6.07, 6.45) is -0.0258. The summed E-state index contributed by atoms with van der Waals surface area (Å²) < 4.78 is 0. The zero-order chi connectivity index (χ0) is 15.8. The van der Waals surface area contributed by atoms with E-state index in [0.717, 1.165) is 0 Å². The summed E-state index contributed by atoms with van der Waals surface area (Å²) in [5.41, 5.74) is 0.393. The van der Waals surface area contributed by atoms with Gasteiger partial charge in [-0.1, -0.05) is 32.0 Å². The molecule has 0 spiro atoms. The van der Waals surface area contributed by atoms with Gasteiger partial charge in [-0.05, 0) is 24.0 Å². The van der Waals surface area contributed by atoms with Crippen molar-refractivity contribution in [2.75, 3.05) is 0 Å². The van der Waals surface area contributed by atoms with Crippen LogP contribution >= 0.6 is 0 Å². The molecule has 0 saturated heterocycles. The van der Waals surface area contributed by atoms with Gasteiger partial charge in [0.15, 0.2) is 0 Å². The maximum absolute atomic E-state index is 11.9. The molecule has 0 aromatic heterocycles. The molecule has 1 aromatic carbocycles. The van der Waals surface area contributed by atoms with E-state index in [2.05, 4.69) is 5.32 Å². The van der Waals surface area contributed by atoms with E-state index in [0.29, 0.717) is 5.56 Å². The van der Waals surface area contributed by atoms with Gasteiger partial charge in [-0.3, -0.25) is 14.9 Å². The van der Waals surface area contributed by atoms with Crippen molar-refractivity contribution in [2.45, 2.75) is 20.3 Å². The second kappa shape index (κ2) is 7.81. The first-order chi connectivity index (χ1) is 9.99. The largest absolute Gasteiger partial charge is 0.292 e. The van der Waals surface area contributed by atoms with Crippen LogP contribution in [0.15, 0.2) is 30.3 Å². The average molecular weight is 283 g/mol. The third kappa shape index (κ3) is 4.74. The lowest BCUT2D eigenvalue weighted by molar-refractivity contribution is -0.121. The summed E-state index contributed by atoms with van der Waals surface area (Å²) in [6, 6.07) is 12.2. The van der Waals surface area contributed by atoms with Crippen LogP contribution in [0.25, 0.3) is 0 Å². The molecule has 0 aliphatic heterocycles. The molecule has 0 fully saturated rings. The van der Waals surface area contributed by atoms with Crippen LogP contribution in [0.2, 0.25) is 0 Å². The van der Waals surface area contributed by atoms with Crippen LogP contribution in [0.5, 0.6) is 0 Å². The smallest absolute Gasteiger partial charge is 0.257 e. The van der Waals surface area contributed by atoms with Gasteiger partial charge in [0, 0.05) is 12.0 Å². The van der Waals surface area contributed by atoms with Crippen LogP contribution in [0, 0.1) is 40.4 Å². The Bertz CT molecular complexity index is 568. The van der Waals surface area contributed by atoms with Crippen molar-refractivity contribution < 1.29 is 9.59 Å². The van der Waals surface area contributed by atoms with E-state index in [1.54, 1.807) is 30.3 Å². The molecule has 1 atom stereocenters. The number of benzene rings is 1. The second-order valence-electron chi connectivity index (χ2n) is 5.09. The maximum atomic E-state index is 11.9. The zero-order valence-corrected chi connectivity index (χ0v) is 12.0. The van der Waals surface area contributed by atoms with Crippen molar-refractivity contribution >= 4 is 11.8 Å². The number of nitrogens with zero attached hydrogens (tertiary/aromatic N) is 2. The van der Waals surface area contributed by atoms with E-state index in [1.165, 1.54) is 0 Å². The highest BCUT2D eigenvalue weighted by Gasteiger charge is 2.27. The second-order valence-corrected chi connectivity index (χ2v) is 5.09. The molecule has 2 amide bonds. The Kier molecular flexibility index (Phi) is 6.10. The van der Waals surface area contributed by atoms with Crippen LogP contribution in [-0.2, 0) is 4.79 Å². The quantitative estimate of drug-likeness (QED) is 0.896. The Hall–Kier alpha value is -2.66. The lowest BCUT2D eigenvalue weighted by atomic mass is 9.82. The fraction of sp³-hybridized carbons (Fsp3) is 0.375. The molecule has 1 N–H and O–H groups in total.